The summed E-state index contributed by atoms with van der Waals surface area (Å²) in [6.07, 6.45) is 1.50. The predicted octanol–water partition coefficient (Wildman–Crippen LogP) is 3.27. The van der Waals surface area contributed by atoms with Crippen molar-refractivity contribution in [2.75, 3.05) is 17.3 Å². The number of amides is 2. The van der Waals surface area contributed by atoms with Gasteiger partial charge in [-0.15, -0.1) is 0 Å². The number of carbonyl (C=O) groups excluding carboxylic acids is 2. The van der Waals surface area contributed by atoms with Crippen molar-refractivity contribution >= 4 is 34.9 Å². The first-order valence-corrected chi connectivity index (χ1v) is 9.03. The molecule has 0 aliphatic carbocycles. The molecule has 1 aromatic heterocycles. The van der Waals surface area contributed by atoms with Gasteiger partial charge >= 0.3 is 0 Å². The van der Waals surface area contributed by atoms with Crippen molar-refractivity contribution in [1.29, 1.82) is 0 Å². The first kappa shape index (κ1) is 16.9. The summed E-state index contributed by atoms with van der Waals surface area (Å²) >= 11 is 6.31. The van der Waals surface area contributed by atoms with Gasteiger partial charge in [-0.2, -0.15) is 5.10 Å². The molecule has 140 valence electrons. The molecule has 6 nitrogen and oxygen atoms in total. The molecular formula is C20H14ClFN4O2. The third kappa shape index (κ3) is 2.05. The van der Waals surface area contributed by atoms with Gasteiger partial charge in [0.25, 0.3) is 0 Å². The number of rotatable bonds is 1. The highest BCUT2D eigenvalue weighted by molar-refractivity contribution is 6.32. The van der Waals surface area contributed by atoms with Gasteiger partial charge in [-0.05, 0) is 29.8 Å². The number of anilines is 2. The Morgan fingerprint density at radius 2 is 1.93 bits per heavy atom. The maximum atomic E-state index is 13.8. The van der Waals surface area contributed by atoms with E-state index in [0.717, 1.165) is 0 Å². The molecule has 2 amide bonds. The second-order valence-corrected chi connectivity index (χ2v) is 7.33. The fraction of sp³-hybridized carbons (Fsp3) is 0.150. The zero-order chi connectivity index (χ0) is 19.6. The summed E-state index contributed by atoms with van der Waals surface area (Å²) in [7, 11) is 1.58. The Balaban J connectivity index is 1.80. The van der Waals surface area contributed by atoms with Crippen LogP contribution in [-0.4, -0.2) is 28.6 Å². The molecule has 0 fully saturated rings. The second-order valence-electron chi connectivity index (χ2n) is 6.93. The number of fused-ring (bicyclic) bond motifs is 4. The van der Waals surface area contributed by atoms with Crippen molar-refractivity contribution < 1.29 is 14.0 Å². The van der Waals surface area contributed by atoms with E-state index in [-0.39, 0.29) is 18.2 Å². The van der Waals surface area contributed by atoms with Crippen LogP contribution >= 0.6 is 11.6 Å². The first-order chi connectivity index (χ1) is 13.4. The molecule has 3 heterocycles. The number of nitrogens with one attached hydrogen (secondary N) is 1. The van der Waals surface area contributed by atoms with Gasteiger partial charge < -0.3 is 10.2 Å². The van der Waals surface area contributed by atoms with Crippen molar-refractivity contribution in [3.8, 4) is 5.69 Å². The Hall–Kier alpha value is -3.19. The van der Waals surface area contributed by atoms with Crippen LogP contribution in [-0.2, 0) is 15.0 Å². The molecule has 3 aromatic rings. The fourth-order valence-electron chi connectivity index (χ4n) is 4.18. The lowest BCUT2D eigenvalue weighted by molar-refractivity contribution is -0.126. The molecule has 2 aliphatic rings. The van der Waals surface area contributed by atoms with Gasteiger partial charge in [0.1, 0.15) is 17.1 Å². The van der Waals surface area contributed by atoms with E-state index in [9.17, 15) is 14.0 Å². The van der Waals surface area contributed by atoms with Gasteiger partial charge in [-0.1, -0.05) is 29.8 Å². The molecule has 1 spiro atoms. The average Bonchev–Trinajstić information content (AvgIpc) is 3.17. The molecule has 28 heavy (non-hydrogen) atoms. The topological polar surface area (TPSA) is 67.2 Å². The molecule has 1 unspecified atom stereocenters. The van der Waals surface area contributed by atoms with E-state index in [4.69, 9.17) is 11.6 Å². The molecule has 1 N–H and O–H groups in total. The van der Waals surface area contributed by atoms with Crippen molar-refractivity contribution in [2.24, 2.45) is 0 Å². The highest BCUT2D eigenvalue weighted by Crippen LogP contribution is 2.52. The fourth-order valence-corrected chi connectivity index (χ4v) is 4.40. The normalized spacial score (nSPS) is 20.3. The van der Waals surface area contributed by atoms with E-state index in [1.165, 1.54) is 21.7 Å². The van der Waals surface area contributed by atoms with Crippen LogP contribution in [0, 0.1) is 5.82 Å². The summed E-state index contributed by atoms with van der Waals surface area (Å²) < 4.78 is 15.3. The minimum absolute atomic E-state index is 0.0734. The van der Waals surface area contributed by atoms with Crippen LogP contribution in [0.1, 0.15) is 17.5 Å². The zero-order valence-electron chi connectivity index (χ0n) is 14.7. The standard InChI is InChI=1S/C20H14ClFN4O2/c1-25-16-8-11(22)6-7-12(16)20(19(25)28)9-17(27)24-18-13(20)10-23-26(18)15-5-3-2-4-14(15)21/h2-8,10H,9H2,1H3,(H,24,27). The maximum Gasteiger partial charge on any atom is 0.242 e. The number of halogens is 2. The third-order valence-electron chi connectivity index (χ3n) is 5.44. The largest absolute Gasteiger partial charge is 0.314 e. The van der Waals surface area contributed by atoms with Crippen LogP contribution < -0.4 is 10.2 Å². The Bertz CT molecular complexity index is 1170. The SMILES string of the molecule is CN1C(=O)C2(CC(=O)Nc3c2cnn3-c2ccccc2Cl)c2ccc(F)cc21. The van der Waals surface area contributed by atoms with Crippen LogP contribution in [0.15, 0.2) is 48.7 Å². The number of benzene rings is 2. The smallest absolute Gasteiger partial charge is 0.242 e. The Morgan fingerprint density at radius 3 is 2.71 bits per heavy atom. The van der Waals surface area contributed by atoms with E-state index in [1.54, 1.807) is 37.5 Å². The average molecular weight is 397 g/mol. The summed E-state index contributed by atoms with van der Waals surface area (Å²) in [5, 5.41) is 7.68. The van der Waals surface area contributed by atoms with Crippen molar-refractivity contribution in [2.45, 2.75) is 11.8 Å². The van der Waals surface area contributed by atoms with Gasteiger partial charge in [0, 0.05) is 19.0 Å². The minimum atomic E-state index is -1.24. The van der Waals surface area contributed by atoms with Gasteiger partial charge in [0.15, 0.2) is 0 Å². The molecule has 8 heteroatoms. The lowest BCUT2D eigenvalue weighted by Gasteiger charge is -2.32. The van der Waals surface area contributed by atoms with E-state index in [0.29, 0.717) is 33.3 Å². The monoisotopic (exact) mass is 396 g/mol. The predicted molar refractivity (Wildman–Crippen MR) is 102 cm³/mol. The van der Waals surface area contributed by atoms with Gasteiger partial charge in [-0.25, -0.2) is 9.07 Å². The quantitative estimate of drug-likeness (QED) is 0.686. The lowest BCUT2D eigenvalue weighted by Crippen LogP contribution is -2.45. The molecule has 0 radical (unpaired) electrons. The highest BCUT2D eigenvalue weighted by atomic mass is 35.5. The van der Waals surface area contributed by atoms with E-state index in [1.807, 2.05) is 6.07 Å². The summed E-state index contributed by atoms with van der Waals surface area (Å²) in [6, 6.07) is 11.3. The van der Waals surface area contributed by atoms with Crippen LogP contribution in [0.3, 0.4) is 0 Å². The van der Waals surface area contributed by atoms with Crippen LogP contribution in [0.5, 0.6) is 0 Å². The Morgan fingerprint density at radius 1 is 1.14 bits per heavy atom. The van der Waals surface area contributed by atoms with Crippen molar-refractivity contribution in [3.63, 3.8) is 0 Å². The van der Waals surface area contributed by atoms with Crippen molar-refractivity contribution in [1.82, 2.24) is 9.78 Å². The zero-order valence-corrected chi connectivity index (χ0v) is 15.5. The van der Waals surface area contributed by atoms with Crippen LogP contribution in [0.25, 0.3) is 5.69 Å². The third-order valence-corrected chi connectivity index (χ3v) is 5.76. The number of nitrogens with zero attached hydrogens (tertiary/aromatic N) is 3. The Kier molecular flexibility index (Phi) is 3.42. The van der Waals surface area contributed by atoms with Gasteiger partial charge in [0.05, 0.1) is 22.6 Å². The van der Waals surface area contributed by atoms with Crippen molar-refractivity contribution in [3.05, 3.63) is 70.6 Å². The summed E-state index contributed by atoms with van der Waals surface area (Å²) in [4.78, 5) is 27.4. The molecule has 0 saturated carbocycles. The van der Waals surface area contributed by atoms with Gasteiger partial charge in [-0.3, -0.25) is 9.59 Å². The van der Waals surface area contributed by atoms with E-state index in [2.05, 4.69) is 10.4 Å². The molecule has 2 aromatic carbocycles. The summed E-state index contributed by atoms with van der Waals surface area (Å²) in [5.74, 6) is -0.658. The number of carbonyl (C=O) groups is 2. The Labute approximate surface area is 164 Å². The highest BCUT2D eigenvalue weighted by Gasteiger charge is 2.56. The van der Waals surface area contributed by atoms with Gasteiger partial charge in [0.2, 0.25) is 11.8 Å². The minimum Gasteiger partial charge on any atom is -0.314 e. The molecule has 0 saturated heterocycles. The van der Waals surface area contributed by atoms with Crippen LogP contribution in [0.4, 0.5) is 15.9 Å². The number of para-hydroxylation sites is 1. The number of likely N-dealkylation sites (N-methyl/N-ethyl adjacent to an activating group) is 1. The summed E-state index contributed by atoms with van der Waals surface area (Å²) in [6.45, 7) is 0. The maximum absolute atomic E-state index is 13.8. The number of aromatic nitrogens is 2. The molecule has 2 aliphatic heterocycles. The summed E-state index contributed by atoms with van der Waals surface area (Å²) in [5.41, 5.74) is 0.956. The van der Waals surface area contributed by atoms with Crippen LogP contribution in [0.2, 0.25) is 5.02 Å². The number of hydrogen-bond donors (Lipinski definition) is 1. The second kappa shape index (κ2) is 5.65. The van der Waals surface area contributed by atoms with E-state index < -0.39 is 11.2 Å². The molecule has 1 atom stereocenters. The lowest BCUT2D eigenvalue weighted by atomic mass is 9.72. The van der Waals surface area contributed by atoms with E-state index >= 15 is 0 Å². The molecular weight excluding hydrogens is 383 g/mol. The molecule has 0 bridgehead atoms. The number of hydrogen-bond acceptors (Lipinski definition) is 3. The molecule has 5 rings (SSSR count). The first-order valence-electron chi connectivity index (χ1n) is 8.65.